The van der Waals surface area contributed by atoms with E-state index in [9.17, 15) is 23.2 Å². The van der Waals surface area contributed by atoms with Crippen LogP contribution in [0.5, 0.6) is 0 Å². The Balaban J connectivity index is 2.25. The first-order valence-corrected chi connectivity index (χ1v) is 8.56. The number of carboxylic acid groups (broad SMARTS) is 1. The summed E-state index contributed by atoms with van der Waals surface area (Å²) in [5.74, 6) is -8.71. The number of benzene rings is 1. The van der Waals surface area contributed by atoms with Crippen LogP contribution in [0.3, 0.4) is 0 Å². The molecule has 1 aliphatic carbocycles. The summed E-state index contributed by atoms with van der Waals surface area (Å²) >= 11 is 0. The SMILES string of the molecule is CC1(OC(=O)c2ccccc2C(=O)OC(C)(C)C(F)(F)C(=O)O)CCCC1. The molecule has 6 nitrogen and oxygen atoms in total. The number of carboxylic acids is 1. The largest absolute Gasteiger partial charge is 0.477 e. The minimum atomic E-state index is -4.31. The average molecular weight is 384 g/mol. The van der Waals surface area contributed by atoms with Gasteiger partial charge in [-0.1, -0.05) is 12.1 Å². The molecule has 148 valence electrons. The fourth-order valence-electron chi connectivity index (χ4n) is 2.95. The van der Waals surface area contributed by atoms with Crippen molar-refractivity contribution in [1.29, 1.82) is 0 Å². The Hall–Kier alpha value is -2.51. The van der Waals surface area contributed by atoms with Crippen LogP contribution in [0.25, 0.3) is 0 Å². The number of alkyl halides is 2. The summed E-state index contributed by atoms with van der Waals surface area (Å²) < 4.78 is 37.9. The molecule has 0 heterocycles. The predicted octanol–water partition coefficient (Wildman–Crippen LogP) is 3.83. The van der Waals surface area contributed by atoms with Crippen LogP contribution >= 0.6 is 0 Å². The van der Waals surface area contributed by atoms with Gasteiger partial charge in [0.1, 0.15) is 5.60 Å². The Morgan fingerprint density at radius 2 is 1.52 bits per heavy atom. The van der Waals surface area contributed by atoms with Gasteiger partial charge in [0.15, 0.2) is 5.60 Å². The molecular weight excluding hydrogens is 362 g/mol. The molecule has 0 aliphatic heterocycles. The normalized spacial score (nSPS) is 16.6. The summed E-state index contributed by atoms with van der Waals surface area (Å²) in [6.45, 7) is 3.38. The van der Waals surface area contributed by atoms with Crippen LogP contribution in [0.2, 0.25) is 0 Å². The van der Waals surface area contributed by atoms with E-state index in [0.29, 0.717) is 12.8 Å². The van der Waals surface area contributed by atoms with Crippen LogP contribution in [-0.4, -0.2) is 40.1 Å². The lowest BCUT2D eigenvalue weighted by Gasteiger charge is -2.30. The second kappa shape index (κ2) is 7.25. The number of rotatable bonds is 6. The molecule has 2 rings (SSSR count). The van der Waals surface area contributed by atoms with Crippen molar-refractivity contribution in [3.05, 3.63) is 35.4 Å². The van der Waals surface area contributed by atoms with Gasteiger partial charge >= 0.3 is 23.8 Å². The molecule has 0 aromatic heterocycles. The monoisotopic (exact) mass is 384 g/mol. The zero-order valence-electron chi connectivity index (χ0n) is 15.4. The van der Waals surface area contributed by atoms with E-state index in [0.717, 1.165) is 26.7 Å². The summed E-state index contributed by atoms with van der Waals surface area (Å²) in [4.78, 5) is 35.7. The average Bonchev–Trinajstić information content (AvgIpc) is 3.00. The number of halogens is 2. The lowest BCUT2D eigenvalue weighted by molar-refractivity contribution is -0.200. The summed E-state index contributed by atoms with van der Waals surface area (Å²) in [6.07, 6.45) is 3.24. The molecule has 0 bridgehead atoms. The number of hydrogen-bond acceptors (Lipinski definition) is 5. The molecule has 27 heavy (non-hydrogen) atoms. The lowest BCUT2D eigenvalue weighted by atomic mass is 9.99. The molecule has 1 aromatic carbocycles. The van der Waals surface area contributed by atoms with Crippen molar-refractivity contribution in [1.82, 2.24) is 0 Å². The Morgan fingerprint density at radius 1 is 1.04 bits per heavy atom. The highest BCUT2D eigenvalue weighted by Crippen LogP contribution is 2.35. The van der Waals surface area contributed by atoms with Crippen molar-refractivity contribution < 1.29 is 37.7 Å². The van der Waals surface area contributed by atoms with E-state index in [1.807, 2.05) is 0 Å². The van der Waals surface area contributed by atoms with E-state index < -0.39 is 35.0 Å². The Morgan fingerprint density at radius 3 is 2.00 bits per heavy atom. The molecule has 1 saturated carbocycles. The Labute approximate surface area is 155 Å². The van der Waals surface area contributed by atoms with Gasteiger partial charge in [0, 0.05) is 0 Å². The van der Waals surface area contributed by atoms with Crippen molar-refractivity contribution in [2.45, 2.75) is 63.6 Å². The second-order valence-corrected chi connectivity index (χ2v) is 7.37. The number of aliphatic carboxylic acids is 1. The van der Waals surface area contributed by atoms with Crippen molar-refractivity contribution in [2.24, 2.45) is 0 Å². The minimum Gasteiger partial charge on any atom is -0.477 e. The molecule has 1 fully saturated rings. The second-order valence-electron chi connectivity index (χ2n) is 7.37. The fourth-order valence-corrected chi connectivity index (χ4v) is 2.95. The first kappa shape index (κ1) is 20.8. The molecule has 0 saturated heterocycles. The fraction of sp³-hybridized carbons (Fsp3) is 0.526. The molecule has 0 spiro atoms. The highest BCUT2D eigenvalue weighted by atomic mass is 19.3. The van der Waals surface area contributed by atoms with Gasteiger partial charge in [0.05, 0.1) is 11.1 Å². The predicted molar refractivity (Wildman–Crippen MR) is 90.8 cm³/mol. The third kappa shape index (κ3) is 4.26. The zero-order valence-corrected chi connectivity index (χ0v) is 15.4. The van der Waals surface area contributed by atoms with Gasteiger partial charge in [-0.05, 0) is 58.6 Å². The van der Waals surface area contributed by atoms with Crippen molar-refractivity contribution in [2.75, 3.05) is 0 Å². The molecule has 1 N–H and O–H groups in total. The topological polar surface area (TPSA) is 89.9 Å². The van der Waals surface area contributed by atoms with Crippen LogP contribution in [-0.2, 0) is 14.3 Å². The van der Waals surface area contributed by atoms with Gasteiger partial charge in [0.25, 0.3) is 0 Å². The van der Waals surface area contributed by atoms with Gasteiger partial charge in [-0.3, -0.25) is 0 Å². The summed E-state index contributed by atoms with van der Waals surface area (Å²) in [6, 6.07) is 5.51. The lowest BCUT2D eigenvalue weighted by Crippen LogP contribution is -2.52. The van der Waals surface area contributed by atoms with Crippen LogP contribution in [0.15, 0.2) is 24.3 Å². The maximum Gasteiger partial charge on any atom is 0.380 e. The maximum absolute atomic E-state index is 13.8. The molecule has 1 aliphatic rings. The van der Waals surface area contributed by atoms with E-state index in [1.165, 1.54) is 24.3 Å². The maximum atomic E-state index is 13.8. The minimum absolute atomic E-state index is 0.120. The van der Waals surface area contributed by atoms with Gasteiger partial charge in [-0.25, -0.2) is 14.4 Å². The number of esters is 2. The number of hydrogen-bond donors (Lipinski definition) is 1. The third-order valence-electron chi connectivity index (χ3n) is 4.74. The zero-order chi connectivity index (χ0) is 20.5. The standard InChI is InChI=1S/C19H22F2O6/c1-17(2,19(20,21)16(24)25)26-14(22)12-8-4-5-9-13(12)15(23)27-18(3)10-6-7-11-18/h4-5,8-9H,6-7,10-11H2,1-3H3,(H,24,25). The smallest absolute Gasteiger partial charge is 0.380 e. The molecule has 8 heteroatoms. The molecule has 0 radical (unpaired) electrons. The van der Waals surface area contributed by atoms with Crippen molar-refractivity contribution in [3.8, 4) is 0 Å². The molecule has 1 aromatic rings. The van der Waals surface area contributed by atoms with Crippen LogP contribution < -0.4 is 0 Å². The molecular formula is C19H22F2O6. The quantitative estimate of drug-likeness (QED) is 0.750. The number of ether oxygens (including phenoxy) is 2. The van der Waals surface area contributed by atoms with E-state index in [4.69, 9.17) is 14.6 Å². The van der Waals surface area contributed by atoms with E-state index in [1.54, 1.807) is 6.92 Å². The Kier molecular flexibility index (Phi) is 5.58. The number of carbonyl (C=O) groups excluding carboxylic acids is 2. The highest BCUT2D eigenvalue weighted by molar-refractivity contribution is 6.03. The third-order valence-corrected chi connectivity index (χ3v) is 4.74. The van der Waals surface area contributed by atoms with Crippen LogP contribution in [0, 0.1) is 0 Å². The summed E-state index contributed by atoms with van der Waals surface area (Å²) in [5, 5.41) is 8.68. The Bertz CT molecular complexity index is 750. The van der Waals surface area contributed by atoms with Gasteiger partial charge < -0.3 is 14.6 Å². The molecule has 0 amide bonds. The number of carbonyl (C=O) groups is 3. The summed E-state index contributed by atoms with van der Waals surface area (Å²) in [5.41, 5.74) is -3.64. The van der Waals surface area contributed by atoms with E-state index in [-0.39, 0.29) is 11.1 Å². The van der Waals surface area contributed by atoms with Gasteiger partial charge in [0.2, 0.25) is 0 Å². The van der Waals surface area contributed by atoms with E-state index in [2.05, 4.69) is 0 Å². The van der Waals surface area contributed by atoms with Crippen molar-refractivity contribution in [3.63, 3.8) is 0 Å². The van der Waals surface area contributed by atoms with E-state index >= 15 is 0 Å². The summed E-state index contributed by atoms with van der Waals surface area (Å²) in [7, 11) is 0. The highest BCUT2D eigenvalue weighted by Gasteiger charge is 2.57. The van der Waals surface area contributed by atoms with Crippen molar-refractivity contribution >= 4 is 17.9 Å². The van der Waals surface area contributed by atoms with Gasteiger partial charge in [-0.2, -0.15) is 8.78 Å². The first-order valence-electron chi connectivity index (χ1n) is 8.56. The molecule has 0 unspecified atom stereocenters. The van der Waals surface area contributed by atoms with Crippen LogP contribution in [0.1, 0.15) is 67.2 Å². The first-order chi connectivity index (χ1) is 12.4. The van der Waals surface area contributed by atoms with Crippen LogP contribution in [0.4, 0.5) is 8.78 Å². The van der Waals surface area contributed by atoms with Gasteiger partial charge in [-0.15, -0.1) is 0 Å². The molecule has 0 atom stereocenters.